The lowest BCUT2D eigenvalue weighted by molar-refractivity contribution is -0.117. The molecule has 1 saturated heterocycles. The minimum absolute atomic E-state index is 0.114. The van der Waals surface area contributed by atoms with E-state index in [0.717, 1.165) is 18.7 Å². The van der Waals surface area contributed by atoms with Gasteiger partial charge in [-0.1, -0.05) is 6.07 Å². The SMILES string of the molecule is O=C(NCc1ccco1)c1cccc(N2CCCC2=O)c1. The molecule has 5 nitrogen and oxygen atoms in total. The standard InChI is InChI=1S/C16H16N2O3/c19-15-7-2-8-18(15)13-5-1-4-12(10-13)16(20)17-11-14-6-3-9-21-14/h1,3-6,9-10H,2,7-8,11H2,(H,17,20). The molecule has 0 unspecified atom stereocenters. The Kier molecular flexibility index (Phi) is 3.73. The van der Waals surface area contributed by atoms with Gasteiger partial charge in [0.1, 0.15) is 5.76 Å². The van der Waals surface area contributed by atoms with Gasteiger partial charge in [0, 0.05) is 24.2 Å². The molecular formula is C16H16N2O3. The van der Waals surface area contributed by atoms with Gasteiger partial charge >= 0.3 is 0 Å². The summed E-state index contributed by atoms with van der Waals surface area (Å²) in [6.07, 6.45) is 3.02. The van der Waals surface area contributed by atoms with Crippen LogP contribution < -0.4 is 10.2 Å². The van der Waals surface area contributed by atoms with Crippen LogP contribution in [-0.2, 0) is 11.3 Å². The monoisotopic (exact) mass is 284 g/mol. The Morgan fingerprint density at radius 1 is 1.29 bits per heavy atom. The predicted molar refractivity (Wildman–Crippen MR) is 77.9 cm³/mol. The second-order valence-corrected chi connectivity index (χ2v) is 4.96. The second-order valence-electron chi connectivity index (χ2n) is 4.96. The van der Waals surface area contributed by atoms with Crippen LogP contribution in [0.1, 0.15) is 29.0 Å². The van der Waals surface area contributed by atoms with Crippen molar-refractivity contribution in [2.24, 2.45) is 0 Å². The normalized spacial score (nSPS) is 14.5. The van der Waals surface area contributed by atoms with Crippen molar-refractivity contribution in [2.75, 3.05) is 11.4 Å². The smallest absolute Gasteiger partial charge is 0.251 e. The fraction of sp³-hybridized carbons (Fsp3) is 0.250. The van der Waals surface area contributed by atoms with Crippen molar-refractivity contribution < 1.29 is 14.0 Å². The fourth-order valence-electron chi connectivity index (χ4n) is 2.42. The first-order chi connectivity index (χ1) is 10.2. The van der Waals surface area contributed by atoms with Gasteiger partial charge in [-0.3, -0.25) is 9.59 Å². The first-order valence-electron chi connectivity index (χ1n) is 6.95. The van der Waals surface area contributed by atoms with E-state index in [4.69, 9.17) is 4.42 Å². The van der Waals surface area contributed by atoms with Crippen molar-refractivity contribution in [3.8, 4) is 0 Å². The van der Waals surface area contributed by atoms with Gasteiger partial charge in [0.05, 0.1) is 12.8 Å². The molecule has 1 aliphatic heterocycles. The maximum Gasteiger partial charge on any atom is 0.251 e. The van der Waals surface area contributed by atoms with Crippen molar-refractivity contribution >= 4 is 17.5 Å². The lowest BCUT2D eigenvalue weighted by Crippen LogP contribution is -2.25. The topological polar surface area (TPSA) is 62.6 Å². The third-order valence-corrected chi connectivity index (χ3v) is 3.50. The molecular weight excluding hydrogens is 268 g/mol. The van der Waals surface area contributed by atoms with Gasteiger partial charge in [-0.15, -0.1) is 0 Å². The van der Waals surface area contributed by atoms with E-state index in [9.17, 15) is 9.59 Å². The highest BCUT2D eigenvalue weighted by Crippen LogP contribution is 2.22. The molecule has 0 atom stereocenters. The Bertz CT molecular complexity index is 649. The highest BCUT2D eigenvalue weighted by Gasteiger charge is 2.22. The summed E-state index contributed by atoms with van der Waals surface area (Å²) in [4.78, 5) is 25.6. The molecule has 0 saturated carbocycles. The number of carbonyl (C=O) groups excluding carboxylic acids is 2. The maximum atomic E-state index is 12.1. The molecule has 0 radical (unpaired) electrons. The van der Waals surface area contributed by atoms with Crippen LogP contribution in [0.2, 0.25) is 0 Å². The second kappa shape index (κ2) is 5.83. The van der Waals surface area contributed by atoms with Crippen LogP contribution in [-0.4, -0.2) is 18.4 Å². The molecule has 108 valence electrons. The van der Waals surface area contributed by atoms with Crippen molar-refractivity contribution in [1.29, 1.82) is 0 Å². The van der Waals surface area contributed by atoms with Crippen LogP contribution >= 0.6 is 0 Å². The summed E-state index contributed by atoms with van der Waals surface area (Å²) >= 11 is 0. The van der Waals surface area contributed by atoms with Crippen LogP contribution in [0.15, 0.2) is 47.1 Å². The number of nitrogens with zero attached hydrogens (tertiary/aromatic N) is 1. The highest BCUT2D eigenvalue weighted by atomic mass is 16.3. The lowest BCUT2D eigenvalue weighted by Gasteiger charge is -2.16. The molecule has 21 heavy (non-hydrogen) atoms. The third kappa shape index (κ3) is 2.97. The number of furan rings is 1. The summed E-state index contributed by atoms with van der Waals surface area (Å²) in [6.45, 7) is 1.06. The minimum Gasteiger partial charge on any atom is -0.467 e. The molecule has 2 aromatic rings. The average molecular weight is 284 g/mol. The van der Waals surface area contributed by atoms with E-state index in [2.05, 4.69) is 5.32 Å². The molecule has 0 bridgehead atoms. The van der Waals surface area contributed by atoms with Crippen molar-refractivity contribution in [1.82, 2.24) is 5.32 Å². The zero-order valence-electron chi connectivity index (χ0n) is 11.5. The highest BCUT2D eigenvalue weighted by molar-refractivity contribution is 5.99. The first kappa shape index (κ1) is 13.4. The molecule has 1 aromatic heterocycles. The van der Waals surface area contributed by atoms with Crippen molar-refractivity contribution in [3.63, 3.8) is 0 Å². The zero-order chi connectivity index (χ0) is 14.7. The summed E-state index contributed by atoms with van der Waals surface area (Å²) in [5.74, 6) is 0.636. The van der Waals surface area contributed by atoms with E-state index in [-0.39, 0.29) is 11.8 Å². The Hall–Kier alpha value is -2.56. The van der Waals surface area contributed by atoms with Gasteiger partial charge in [0.2, 0.25) is 5.91 Å². The van der Waals surface area contributed by atoms with E-state index in [1.807, 2.05) is 6.07 Å². The van der Waals surface area contributed by atoms with E-state index in [1.165, 1.54) is 0 Å². The number of amides is 2. The summed E-state index contributed by atoms with van der Waals surface area (Å²) in [5.41, 5.74) is 1.32. The van der Waals surface area contributed by atoms with E-state index in [0.29, 0.717) is 24.3 Å². The molecule has 2 amide bonds. The number of hydrogen-bond donors (Lipinski definition) is 1. The minimum atomic E-state index is -0.181. The average Bonchev–Trinajstić information content (AvgIpc) is 3.16. The third-order valence-electron chi connectivity index (χ3n) is 3.50. The van der Waals surface area contributed by atoms with E-state index < -0.39 is 0 Å². The quantitative estimate of drug-likeness (QED) is 0.937. The Morgan fingerprint density at radius 2 is 2.19 bits per heavy atom. The van der Waals surface area contributed by atoms with Crippen LogP contribution in [0.3, 0.4) is 0 Å². The van der Waals surface area contributed by atoms with Gasteiger partial charge in [-0.25, -0.2) is 0 Å². The zero-order valence-corrected chi connectivity index (χ0v) is 11.5. The van der Waals surface area contributed by atoms with Crippen LogP contribution in [0.4, 0.5) is 5.69 Å². The summed E-state index contributed by atoms with van der Waals surface area (Å²) in [6, 6.07) is 10.7. The number of nitrogens with one attached hydrogen (secondary N) is 1. The van der Waals surface area contributed by atoms with Crippen LogP contribution in [0, 0.1) is 0 Å². The molecule has 1 fully saturated rings. The molecule has 0 spiro atoms. The van der Waals surface area contributed by atoms with Crippen molar-refractivity contribution in [3.05, 3.63) is 54.0 Å². The molecule has 2 heterocycles. The summed E-state index contributed by atoms with van der Waals surface area (Å²) in [5, 5.41) is 2.79. The predicted octanol–water partition coefficient (Wildman–Crippen LogP) is 2.34. The van der Waals surface area contributed by atoms with E-state index in [1.54, 1.807) is 41.5 Å². The molecule has 3 rings (SSSR count). The number of anilines is 1. The maximum absolute atomic E-state index is 12.1. The summed E-state index contributed by atoms with van der Waals surface area (Å²) < 4.78 is 5.17. The Morgan fingerprint density at radius 3 is 2.90 bits per heavy atom. The van der Waals surface area contributed by atoms with Crippen molar-refractivity contribution in [2.45, 2.75) is 19.4 Å². The first-order valence-corrected chi connectivity index (χ1v) is 6.95. The molecule has 0 aliphatic carbocycles. The summed E-state index contributed by atoms with van der Waals surface area (Å²) in [7, 11) is 0. The number of benzene rings is 1. The van der Waals surface area contributed by atoms with Gasteiger partial charge in [0.15, 0.2) is 0 Å². The fourth-order valence-corrected chi connectivity index (χ4v) is 2.42. The number of carbonyl (C=O) groups is 2. The largest absolute Gasteiger partial charge is 0.467 e. The van der Waals surface area contributed by atoms with Gasteiger partial charge in [-0.2, -0.15) is 0 Å². The molecule has 1 aliphatic rings. The van der Waals surface area contributed by atoms with Gasteiger partial charge < -0.3 is 14.6 Å². The molecule has 1 aromatic carbocycles. The van der Waals surface area contributed by atoms with Crippen LogP contribution in [0.5, 0.6) is 0 Å². The number of rotatable bonds is 4. The van der Waals surface area contributed by atoms with E-state index >= 15 is 0 Å². The van der Waals surface area contributed by atoms with Crippen LogP contribution in [0.25, 0.3) is 0 Å². The molecule has 1 N–H and O–H groups in total. The Labute approximate surface area is 122 Å². The Balaban J connectivity index is 1.70. The lowest BCUT2D eigenvalue weighted by atomic mass is 10.1. The van der Waals surface area contributed by atoms with Gasteiger partial charge in [0.25, 0.3) is 5.91 Å². The molecule has 5 heteroatoms. The van der Waals surface area contributed by atoms with Gasteiger partial charge in [-0.05, 0) is 36.8 Å². The number of hydrogen-bond acceptors (Lipinski definition) is 3.